The van der Waals surface area contributed by atoms with Crippen LogP contribution in [-0.4, -0.2) is 22.3 Å². The summed E-state index contributed by atoms with van der Waals surface area (Å²) < 4.78 is 0. The maximum absolute atomic E-state index is 10.8. The van der Waals surface area contributed by atoms with Gasteiger partial charge in [0.25, 0.3) is 0 Å². The predicted molar refractivity (Wildman–Crippen MR) is 97.7 cm³/mol. The van der Waals surface area contributed by atoms with Gasteiger partial charge in [0.1, 0.15) is 0 Å². The van der Waals surface area contributed by atoms with Crippen LogP contribution in [0.25, 0.3) is 0 Å². The smallest absolute Gasteiger partial charge is 0.303 e. The second-order valence-electron chi connectivity index (χ2n) is 9.15. The summed E-state index contributed by atoms with van der Waals surface area (Å²) in [7, 11) is 0. The number of aliphatic hydroxyl groups excluding tert-OH is 1. The van der Waals surface area contributed by atoms with Crippen LogP contribution < -0.4 is 0 Å². The molecule has 0 aliphatic heterocycles. The Labute approximate surface area is 143 Å². The Morgan fingerprint density at radius 3 is 1.74 bits per heavy atom. The minimum atomic E-state index is -0.711. The molecule has 0 aromatic carbocycles. The Morgan fingerprint density at radius 1 is 0.826 bits per heavy atom. The van der Waals surface area contributed by atoms with Crippen molar-refractivity contribution in [3.63, 3.8) is 0 Å². The van der Waals surface area contributed by atoms with Crippen molar-refractivity contribution in [1.29, 1.82) is 0 Å². The third-order valence-corrected chi connectivity index (χ3v) is 4.48. The van der Waals surface area contributed by atoms with Gasteiger partial charge in [0.2, 0.25) is 0 Å². The van der Waals surface area contributed by atoms with Crippen LogP contribution in [0.3, 0.4) is 0 Å². The highest BCUT2D eigenvalue weighted by Crippen LogP contribution is 2.28. The third-order valence-electron chi connectivity index (χ3n) is 4.48. The number of carbonyl (C=O) groups is 1. The highest BCUT2D eigenvalue weighted by Gasteiger charge is 2.20. The Kier molecular flexibility index (Phi) is 10.8. The molecule has 0 aromatic heterocycles. The van der Waals surface area contributed by atoms with Crippen LogP contribution in [0, 0.1) is 10.8 Å². The van der Waals surface area contributed by atoms with Crippen LogP contribution in [0.15, 0.2) is 0 Å². The normalized spacial score (nSPS) is 14.0. The van der Waals surface area contributed by atoms with E-state index in [1.54, 1.807) is 0 Å². The largest absolute Gasteiger partial charge is 0.481 e. The molecule has 0 aliphatic rings. The molecule has 3 nitrogen and oxygen atoms in total. The van der Waals surface area contributed by atoms with Crippen LogP contribution in [0.1, 0.15) is 105 Å². The first-order valence-electron chi connectivity index (χ1n) is 9.42. The molecule has 0 radical (unpaired) electrons. The summed E-state index contributed by atoms with van der Waals surface area (Å²) in [5.74, 6) is -0.711. The fourth-order valence-electron chi connectivity index (χ4n) is 3.01. The van der Waals surface area contributed by atoms with Crippen molar-refractivity contribution in [2.24, 2.45) is 10.8 Å². The standard InChI is InChI=1S/C20H40O3/c1-19(2,3)14-10-6-8-12-17(21)13-9-7-11-15-20(4,5)16-18(22)23/h17,21H,6-16H2,1-5H3,(H,22,23). The molecule has 2 N–H and O–H groups in total. The van der Waals surface area contributed by atoms with Crippen molar-refractivity contribution < 1.29 is 15.0 Å². The first kappa shape index (κ1) is 22.4. The molecular formula is C20H40O3. The van der Waals surface area contributed by atoms with Gasteiger partial charge in [0.05, 0.1) is 12.5 Å². The molecule has 1 atom stereocenters. The number of rotatable bonds is 13. The zero-order valence-electron chi connectivity index (χ0n) is 16.2. The average Bonchev–Trinajstić information content (AvgIpc) is 2.34. The number of carboxylic acids is 1. The number of hydrogen-bond donors (Lipinski definition) is 2. The fourth-order valence-corrected chi connectivity index (χ4v) is 3.01. The van der Waals surface area contributed by atoms with Gasteiger partial charge in [-0.2, -0.15) is 0 Å². The van der Waals surface area contributed by atoms with E-state index < -0.39 is 5.97 Å². The van der Waals surface area contributed by atoms with Crippen molar-refractivity contribution >= 4 is 5.97 Å². The summed E-state index contributed by atoms with van der Waals surface area (Å²) in [5, 5.41) is 18.9. The molecule has 1 unspecified atom stereocenters. The number of aliphatic carboxylic acids is 1. The average molecular weight is 329 g/mol. The molecule has 0 aromatic rings. The van der Waals surface area contributed by atoms with E-state index in [2.05, 4.69) is 20.8 Å². The summed E-state index contributed by atoms with van der Waals surface area (Å²) >= 11 is 0. The van der Waals surface area contributed by atoms with E-state index in [1.807, 2.05) is 13.8 Å². The zero-order chi connectivity index (χ0) is 17.9. The Morgan fingerprint density at radius 2 is 1.30 bits per heavy atom. The van der Waals surface area contributed by atoms with Crippen molar-refractivity contribution in [3.8, 4) is 0 Å². The van der Waals surface area contributed by atoms with Gasteiger partial charge in [-0.05, 0) is 36.5 Å². The van der Waals surface area contributed by atoms with Gasteiger partial charge in [-0.1, -0.05) is 73.1 Å². The molecule has 0 amide bonds. The second kappa shape index (κ2) is 11.1. The van der Waals surface area contributed by atoms with Gasteiger partial charge >= 0.3 is 5.97 Å². The van der Waals surface area contributed by atoms with E-state index in [1.165, 1.54) is 19.3 Å². The maximum atomic E-state index is 10.8. The van der Waals surface area contributed by atoms with Crippen molar-refractivity contribution in [2.75, 3.05) is 0 Å². The van der Waals surface area contributed by atoms with Gasteiger partial charge in [0.15, 0.2) is 0 Å². The van der Waals surface area contributed by atoms with Crippen LogP contribution in [0.4, 0.5) is 0 Å². The zero-order valence-corrected chi connectivity index (χ0v) is 16.2. The summed E-state index contributed by atoms with van der Waals surface area (Å²) in [4.78, 5) is 10.8. The molecule has 0 aliphatic carbocycles. The molecule has 0 bridgehead atoms. The Hall–Kier alpha value is -0.570. The SMILES string of the molecule is CC(C)(C)CCCCCC(O)CCCCCC(C)(C)CC(=O)O. The lowest BCUT2D eigenvalue weighted by molar-refractivity contribution is -0.139. The lowest BCUT2D eigenvalue weighted by Gasteiger charge is -2.22. The van der Waals surface area contributed by atoms with E-state index in [4.69, 9.17) is 5.11 Å². The van der Waals surface area contributed by atoms with E-state index in [9.17, 15) is 9.90 Å². The summed E-state index contributed by atoms with van der Waals surface area (Å²) in [6.07, 6.45) is 10.9. The summed E-state index contributed by atoms with van der Waals surface area (Å²) in [6, 6.07) is 0. The first-order chi connectivity index (χ1) is 10.5. The van der Waals surface area contributed by atoms with Gasteiger partial charge in [-0.15, -0.1) is 0 Å². The lowest BCUT2D eigenvalue weighted by Crippen LogP contribution is -2.16. The molecule has 138 valence electrons. The molecule has 3 heteroatoms. The number of hydrogen-bond acceptors (Lipinski definition) is 2. The molecule has 0 spiro atoms. The van der Waals surface area contributed by atoms with Gasteiger partial charge in [-0.25, -0.2) is 0 Å². The third kappa shape index (κ3) is 16.1. The van der Waals surface area contributed by atoms with E-state index in [0.717, 1.165) is 44.9 Å². The molecule has 0 fully saturated rings. The lowest BCUT2D eigenvalue weighted by atomic mass is 9.83. The van der Waals surface area contributed by atoms with Crippen LogP contribution >= 0.6 is 0 Å². The fraction of sp³-hybridized carbons (Fsp3) is 0.950. The van der Waals surface area contributed by atoms with E-state index in [-0.39, 0.29) is 17.9 Å². The van der Waals surface area contributed by atoms with Crippen molar-refractivity contribution in [2.45, 2.75) is 111 Å². The molecule has 0 heterocycles. The maximum Gasteiger partial charge on any atom is 0.303 e. The monoisotopic (exact) mass is 328 g/mol. The number of aliphatic hydroxyl groups is 1. The molecule has 0 rings (SSSR count). The topological polar surface area (TPSA) is 57.5 Å². The van der Waals surface area contributed by atoms with Gasteiger partial charge in [-0.3, -0.25) is 4.79 Å². The minimum Gasteiger partial charge on any atom is -0.481 e. The summed E-state index contributed by atoms with van der Waals surface area (Å²) in [5.41, 5.74) is 0.310. The van der Waals surface area contributed by atoms with Crippen molar-refractivity contribution in [3.05, 3.63) is 0 Å². The van der Waals surface area contributed by atoms with Crippen LogP contribution in [0.5, 0.6) is 0 Å². The van der Waals surface area contributed by atoms with Crippen LogP contribution in [0.2, 0.25) is 0 Å². The number of carboxylic acid groups (broad SMARTS) is 1. The van der Waals surface area contributed by atoms with E-state index in [0.29, 0.717) is 5.41 Å². The summed E-state index contributed by atoms with van der Waals surface area (Å²) in [6.45, 7) is 10.9. The quantitative estimate of drug-likeness (QED) is 0.420. The highest BCUT2D eigenvalue weighted by molar-refractivity contribution is 5.67. The first-order valence-corrected chi connectivity index (χ1v) is 9.42. The Bertz CT molecular complexity index is 315. The Balaban J connectivity index is 3.53. The van der Waals surface area contributed by atoms with Crippen LogP contribution in [-0.2, 0) is 4.79 Å². The highest BCUT2D eigenvalue weighted by atomic mass is 16.4. The van der Waals surface area contributed by atoms with E-state index >= 15 is 0 Å². The minimum absolute atomic E-state index is 0.114. The molecular weight excluding hydrogens is 288 g/mol. The van der Waals surface area contributed by atoms with Gasteiger partial charge < -0.3 is 10.2 Å². The predicted octanol–water partition coefficient (Wildman–Crippen LogP) is 5.80. The van der Waals surface area contributed by atoms with Gasteiger partial charge in [0, 0.05) is 0 Å². The second-order valence-corrected chi connectivity index (χ2v) is 9.15. The number of unbranched alkanes of at least 4 members (excludes halogenated alkanes) is 4. The molecule has 0 saturated carbocycles. The molecule has 0 saturated heterocycles. The van der Waals surface area contributed by atoms with Crippen molar-refractivity contribution in [1.82, 2.24) is 0 Å². The molecule has 23 heavy (non-hydrogen) atoms.